The van der Waals surface area contributed by atoms with Crippen LogP contribution in [0.3, 0.4) is 0 Å². The lowest BCUT2D eigenvalue weighted by Crippen LogP contribution is -2.50. The number of rotatable bonds is 4. The first kappa shape index (κ1) is 16.7. The van der Waals surface area contributed by atoms with Crippen LogP contribution in [-0.2, 0) is 10.1 Å². The van der Waals surface area contributed by atoms with Crippen LogP contribution in [0, 0.1) is 0 Å². The zero-order valence-corrected chi connectivity index (χ0v) is 13.9. The zero-order valence-electron chi connectivity index (χ0n) is 12.3. The van der Waals surface area contributed by atoms with Gasteiger partial charge in [-0.3, -0.25) is 9.59 Å². The number of nitrogens with one attached hydrogen (secondary N) is 2. The largest absolute Gasteiger partial charge is 0.350 e. The van der Waals surface area contributed by atoms with E-state index in [0.717, 1.165) is 10.9 Å². The minimum atomic E-state index is -0.572. The fourth-order valence-corrected chi connectivity index (χ4v) is 1.94. The van der Waals surface area contributed by atoms with Gasteiger partial charge in [-0.2, -0.15) is 0 Å². The molecule has 1 aromatic carbocycles. The molecule has 5 heteroatoms. The fraction of sp³-hybridized carbons (Fsp3) is 0.467. The first-order valence-corrected chi connectivity index (χ1v) is 7.63. The molecule has 20 heavy (non-hydrogen) atoms. The third-order valence-corrected chi connectivity index (χ3v) is 3.26. The van der Waals surface area contributed by atoms with Crippen molar-refractivity contribution in [1.29, 1.82) is 0 Å². The summed E-state index contributed by atoms with van der Waals surface area (Å²) in [6.07, 6.45) is 0. The molecule has 0 bridgehead atoms. The molecule has 0 heterocycles. The van der Waals surface area contributed by atoms with E-state index in [1.165, 1.54) is 0 Å². The molecule has 0 fully saturated rings. The molecule has 1 rings (SSSR count). The normalized spacial score (nSPS) is 12.7. The van der Waals surface area contributed by atoms with Gasteiger partial charge in [-0.05, 0) is 45.4 Å². The number of alkyl halides is 1. The van der Waals surface area contributed by atoms with Crippen molar-refractivity contribution < 1.29 is 9.59 Å². The average Bonchev–Trinajstić information content (AvgIpc) is 2.36. The van der Waals surface area contributed by atoms with Crippen LogP contribution in [0.5, 0.6) is 0 Å². The molecule has 1 unspecified atom stereocenters. The van der Waals surface area contributed by atoms with Crippen molar-refractivity contribution in [2.75, 3.05) is 0 Å². The average molecular weight is 341 g/mol. The predicted molar refractivity (Wildman–Crippen MR) is 83.9 cm³/mol. The molecule has 2 N–H and O–H groups in total. The molecule has 110 valence electrons. The number of halogens is 1. The van der Waals surface area contributed by atoms with E-state index in [1.54, 1.807) is 19.1 Å². The van der Waals surface area contributed by atoms with Gasteiger partial charge in [-0.15, -0.1) is 0 Å². The molecule has 0 aliphatic rings. The lowest BCUT2D eigenvalue weighted by atomic mass is 10.1. The summed E-state index contributed by atoms with van der Waals surface area (Å²) in [5, 5.41) is 6.28. The maximum absolute atomic E-state index is 12.0. The van der Waals surface area contributed by atoms with E-state index in [0.29, 0.717) is 5.56 Å². The number of benzene rings is 1. The number of carbonyl (C=O) groups excluding carboxylic acids is 2. The highest BCUT2D eigenvalue weighted by Crippen LogP contribution is 2.08. The van der Waals surface area contributed by atoms with Crippen molar-refractivity contribution in [3.8, 4) is 0 Å². The summed E-state index contributed by atoms with van der Waals surface area (Å²) < 4.78 is 0. The van der Waals surface area contributed by atoms with E-state index >= 15 is 0 Å². The minimum absolute atomic E-state index is 0.192. The van der Waals surface area contributed by atoms with Crippen molar-refractivity contribution >= 4 is 27.7 Å². The van der Waals surface area contributed by atoms with E-state index in [4.69, 9.17) is 0 Å². The summed E-state index contributed by atoms with van der Waals surface area (Å²) in [6, 6.07) is 6.69. The lowest BCUT2D eigenvalue weighted by molar-refractivity contribution is -0.124. The number of hydrogen-bond acceptors (Lipinski definition) is 2. The summed E-state index contributed by atoms with van der Waals surface area (Å²) in [5.74, 6) is -0.439. The van der Waals surface area contributed by atoms with Gasteiger partial charge >= 0.3 is 0 Å². The fourth-order valence-electron chi connectivity index (χ4n) is 1.57. The maximum atomic E-state index is 12.0. The molecule has 2 amide bonds. The van der Waals surface area contributed by atoms with Crippen molar-refractivity contribution in [2.45, 2.75) is 44.6 Å². The van der Waals surface area contributed by atoms with Crippen LogP contribution in [0.1, 0.15) is 43.6 Å². The Labute approximate surface area is 128 Å². The summed E-state index contributed by atoms with van der Waals surface area (Å²) in [6.45, 7) is 7.38. The quantitative estimate of drug-likeness (QED) is 0.827. The molecule has 1 aromatic rings. The van der Waals surface area contributed by atoms with Gasteiger partial charge in [-0.1, -0.05) is 28.1 Å². The third-order valence-electron chi connectivity index (χ3n) is 2.61. The van der Waals surface area contributed by atoms with E-state index in [9.17, 15) is 9.59 Å². The van der Waals surface area contributed by atoms with Gasteiger partial charge in [0, 0.05) is 16.4 Å². The second-order valence-corrected chi connectivity index (χ2v) is 6.33. The smallest absolute Gasteiger partial charge is 0.251 e. The molecule has 0 aliphatic heterocycles. The van der Waals surface area contributed by atoms with Crippen molar-refractivity contribution in [1.82, 2.24) is 10.6 Å². The third kappa shape index (κ3) is 5.33. The van der Waals surface area contributed by atoms with Crippen LogP contribution in [0.4, 0.5) is 0 Å². The van der Waals surface area contributed by atoms with Gasteiger partial charge in [0.05, 0.1) is 0 Å². The summed E-state index contributed by atoms with van der Waals surface area (Å²) in [4.78, 5) is 23.9. The van der Waals surface area contributed by atoms with Gasteiger partial charge < -0.3 is 10.6 Å². The number of carbonyl (C=O) groups is 2. The van der Waals surface area contributed by atoms with Crippen molar-refractivity contribution in [3.05, 3.63) is 35.4 Å². The van der Waals surface area contributed by atoms with Crippen LogP contribution in [0.2, 0.25) is 0 Å². The molecule has 0 aliphatic carbocycles. The Morgan fingerprint density at radius 2 is 1.75 bits per heavy atom. The SMILES string of the molecule is CC(NC(=O)c1ccc(CBr)cc1)C(=O)NC(C)(C)C. The second-order valence-electron chi connectivity index (χ2n) is 5.76. The molecule has 0 saturated carbocycles. The number of amides is 2. The molecule has 0 spiro atoms. The Morgan fingerprint density at radius 3 is 2.20 bits per heavy atom. The molecule has 0 radical (unpaired) electrons. The van der Waals surface area contributed by atoms with Crippen molar-refractivity contribution in [3.63, 3.8) is 0 Å². The van der Waals surface area contributed by atoms with E-state index in [1.807, 2.05) is 32.9 Å². The van der Waals surface area contributed by atoms with Crippen LogP contribution < -0.4 is 10.6 Å². The van der Waals surface area contributed by atoms with Crippen LogP contribution in [0.25, 0.3) is 0 Å². The highest BCUT2D eigenvalue weighted by atomic mass is 79.9. The molecule has 4 nitrogen and oxygen atoms in total. The monoisotopic (exact) mass is 340 g/mol. The summed E-state index contributed by atoms with van der Waals surface area (Å²) in [5.41, 5.74) is 1.33. The van der Waals surface area contributed by atoms with Gasteiger partial charge in [0.2, 0.25) is 5.91 Å². The van der Waals surface area contributed by atoms with E-state index in [2.05, 4.69) is 26.6 Å². The first-order valence-electron chi connectivity index (χ1n) is 6.51. The molecular weight excluding hydrogens is 320 g/mol. The predicted octanol–water partition coefficient (Wildman–Crippen LogP) is 2.61. The molecule has 0 saturated heterocycles. The van der Waals surface area contributed by atoms with Gasteiger partial charge in [0.15, 0.2) is 0 Å². The number of hydrogen-bond donors (Lipinski definition) is 2. The minimum Gasteiger partial charge on any atom is -0.350 e. The maximum Gasteiger partial charge on any atom is 0.251 e. The van der Waals surface area contributed by atoms with Gasteiger partial charge in [-0.25, -0.2) is 0 Å². The Morgan fingerprint density at radius 1 is 1.20 bits per heavy atom. The van der Waals surface area contributed by atoms with Crippen LogP contribution in [0.15, 0.2) is 24.3 Å². The second kappa shape index (κ2) is 6.88. The standard InChI is InChI=1S/C15H21BrN2O2/c1-10(13(19)18-15(2,3)4)17-14(20)12-7-5-11(9-16)6-8-12/h5-8,10H,9H2,1-4H3,(H,17,20)(H,18,19). The van der Waals surface area contributed by atoms with Crippen LogP contribution in [-0.4, -0.2) is 23.4 Å². The molecule has 0 aromatic heterocycles. The lowest BCUT2D eigenvalue weighted by Gasteiger charge is -2.23. The summed E-state index contributed by atoms with van der Waals surface area (Å²) >= 11 is 3.35. The Hall–Kier alpha value is -1.36. The summed E-state index contributed by atoms with van der Waals surface area (Å²) in [7, 11) is 0. The highest BCUT2D eigenvalue weighted by molar-refractivity contribution is 9.08. The van der Waals surface area contributed by atoms with Gasteiger partial charge in [0.1, 0.15) is 6.04 Å². The molecular formula is C15H21BrN2O2. The van der Waals surface area contributed by atoms with Gasteiger partial charge in [0.25, 0.3) is 5.91 Å². The Balaban J connectivity index is 2.62. The first-order chi connectivity index (χ1) is 9.23. The Kier molecular flexibility index (Phi) is 5.74. The molecule has 1 atom stereocenters. The van der Waals surface area contributed by atoms with Crippen LogP contribution >= 0.6 is 15.9 Å². The van der Waals surface area contributed by atoms with Crippen molar-refractivity contribution in [2.24, 2.45) is 0 Å². The topological polar surface area (TPSA) is 58.2 Å². The van der Waals surface area contributed by atoms with E-state index in [-0.39, 0.29) is 17.4 Å². The highest BCUT2D eigenvalue weighted by Gasteiger charge is 2.20. The van der Waals surface area contributed by atoms with E-state index < -0.39 is 6.04 Å². The zero-order chi connectivity index (χ0) is 15.3. The Bertz CT molecular complexity index is 478.